The number of amides is 1. The van der Waals surface area contributed by atoms with Gasteiger partial charge in [0.05, 0.1) is 11.6 Å². The molecule has 20 heavy (non-hydrogen) atoms. The molecule has 0 aromatic heterocycles. The number of carbonyl (C=O) groups excluding carboxylic acids is 1. The lowest BCUT2D eigenvalue weighted by atomic mass is 10.1. The Morgan fingerprint density at radius 1 is 1.35 bits per heavy atom. The Balaban J connectivity index is 1.96. The van der Waals surface area contributed by atoms with E-state index in [0.29, 0.717) is 10.6 Å². The second-order valence-electron chi connectivity index (χ2n) is 4.98. The Morgan fingerprint density at radius 3 is 2.65 bits per heavy atom. The van der Waals surface area contributed by atoms with Crippen molar-refractivity contribution in [2.24, 2.45) is 0 Å². The zero-order valence-electron chi connectivity index (χ0n) is 11.3. The van der Waals surface area contributed by atoms with Crippen LogP contribution in [-0.4, -0.2) is 30.4 Å². The van der Waals surface area contributed by atoms with Crippen molar-refractivity contribution in [2.75, 3.05) is 19.6 Å². The lowest BCUT2D eigenvalue weighted by molar-refractivity contribution is -0.129. The highest BCUT2D eigenvalue weighted by atomic mass is 35.5. The Kier molecular flexibility index (Phi) is 5.24. The molecule has 1 N–H and O–H groups in total. The fraction of sp³-hybridized carbons (Fsp3) is 0.500. The van der Waals surface area contributed by atoms with Crippen LogP contribution in [0, 0.1) is 5.82 Å². The number of hydrogen-bond acceptors (Lipinski definition) is 2. The summed E-state index contributed by atoms with van der Waals surface area (Å²) in [4.78, 5) is 13.8. The first-order valence-electron chi connectivity index (χ1n) is 6.64. The first kappa shape index (κ1) is 15.5. The largest absolute Gasteiger partial charge is 0.342 e. The van der Waals surface area contributed by atoms with E-state index in [2.05, 4.69) is 5.32 Å². The molecule has 0 radical (unpaired) electrons. The molecule has 1 aromatic rings. The molecule has 0 saturated carbocycles. The molecule has 1 aromatic carbocycles. The van der Waals surface area contributed by atoms with Gasteiger partial charge in [0.25, 0.3) is 0 Å². The molecule has 1 aliphatic heterocycles. The summed E-state index contributed by atoms with van der Waals surface area (Å²) >= 11 is 11.7. The van der Waals surface area contributed by atoms with Crippen LogP contribution >= 0.6 is 23.2 Å². The second kappa shape index (κ2) is 6.74. The average Bonchev–Trinajstić information content (AvgIpc) is 2.94. The van der Waals surface area contributed by atoms with Gasteiger partial charge in [0.15, 0.2) is 0 Å². The molecule has 0 spiro atoms. The summed E-state index contributed by atoms with van der Waals surface area (Å²) in [5.41, 5.74) is 0.600. The molecule has 2 rings (SSSR count). The molecule has 1 unspecified atom stereocenters. The first-order valence-corrected chi connectivity index (χ1v) is 7.40. The van der Waals surface area contributed by atoms with Gasteiger partial charge in [-0.1, -0.05) is 23.2 Å². The second-order valence-corrected chi connectivity index (χ2v) is 5.79. The van der Waals surface area contributed by atoms with Crippen LogP contribution in [0.15, 0.2) is 12.1 Å². The fourth-order valence-electron chi connectivity index (χ4n) is 2.30. The number of halogens is 3. The van der Waals surface area contributed by atoms with Gasteiger partial charge in [0.1, 0.15) is 5.82 Å². The molecule has 3 nitrogen and oxygen atoms in total. The third-order valence-corrected chi connectivity index (χ3v) is 4.14. The van der Waals surface area contributed by atoms with Crippen molar-refractivity contribution >= 4 is 29.1 Å². The Labute approximate surface area is 128 Å². The van der Waals surface area contributed by atoms with Crippen molar-refractivity contribution in [1.82, 2.24) is 10.2 Å². The standard InChI is InChI=1S/C14H17Cl2FN2O/c1-9(10-6-13(17)12(16)7-11(10)15)18-8-14(20)19-4-2-3-5-19/h6-7,9,18H,2-5,8H2,1H3. The van der Waals surface area contributed by atoms with Gasteiger partial charge in [-0.25, -0.2) is 4.39 Å². The van der Waals surface area contributed by atoms with E-state index in [1.807, 2.05) is 11.8 Å². The number of hydrogen-bond donors (Lipinski definition) is 1. The van der Waals surface area contributed by atoms with Gasteiger partial charge < -0.3 is 10.2 Å². The predicted octanol–water partition coefficient (Wildman–Crippen LogP) is 3.41. The van der Waals surface area contributed by atoms with Crippen molar-refractivity contribution in [1.29, 1.82) is 0 Å². The number of nitrogens with zero attached hydrogens (tertiary/aromatic N) is 1. The lowest BCUT2D eigenvalue weighted by Gasteiger charge is -2.19. The SMILES string of the molecule is CC(NCC(=O)N1CCCC1)c1cc(F)c(Cl)cc1Cl. The van der Waals surface area contributed by atoms with Gasteiger partial charge in [-0.15, -0.1) is 0 Å². The van der Waals surface area contributed by atoms with E-state index in [1.54, 1.807) is 0 Å². The Hall–Kier alpha value is -0.840. The zero-order chi connectivity index (χ0) is 14.7. The summed E-state index contributed by atoms with van der Waals surface area (Å²) in [5.74, 6) is -0.439. The smallest absolute Gasteiger partial charge is 0.236 e. The maximum absolute atomic E-state index is 13.5. The minimum Gasteiger partial charge on any atom is -0.342 e. The Bertz CT molecular complexity index is 504. The molecule has 0 aliphatic carbocycles. The van der Waals surface area contributed by atoms with Gasteiger partial charge in [0.2, 0.25) is 5.91 Å². The van der Waals surface area contributed by atoms with Crippen molar-refractivity contribution < 1.29 is 9.18 Å². The monoisotopic (exact) mass is 318 g/mol. The van der Waals surface area contributed by atoms with Crippen molar-refractivity contribution in [3.05, 3.63) is 33.6 Å². The summed E-state index contributed by atoms with van der Waals surface area (Å²) in [7, 11) is 0. The van der Waals surface area contributed by atoms with E-state index < -0.39 is 5.82 Å². The molecular formula is C14H17Cl2FN2O. The number of likely N-dealkylation sites (tertiary alicyclic amines) is 1. The van der Waals surface area contributed by atoms with E-state index >= 15 is 0 Å². The molecular weight excluding hydrogens is 302 g/mol. The van der Waals surface area contributed by atoms with Crippen molar-refractivity contribution in [3.63, 3.8) is 0 Å². The zero-order valence-corrected chi connectivity index (χ0v) is 12.8. The molecule has 110 valence electrons. The number of rotatable bonds is 4. The molecule has 0 bridgehead atoms. The van der Waals surface area contributed by atoms with Crippen LogP contribution in [-0.2, 0) is 4.79 Å². The lowest BCUT2D eigenvalue weighted by Crippen LogP contribution is -2.37. The van der Waals surface area contributed by atoms with Crippen LogP contribution in [0.1, 0.15) is 31.4 Å². The third kappa shape index (κ3) is 3.62. The van der Waals surface area contributed by atoms with E-state index in [0.717, 1.165) is 25.9 Å². The first-order chi connectivity index (χ1) is 9.49. The third-order valence-electron chi connectivity index (χ3n) is 3.52. The van der Waals surface area contributed by atoms with E-state index in [9.17, 15) is 9.18 Å². The maximum Gasteiger partial charge on any atom is 0.236 e. The molecule has 1 saturated heterocycles. The molecule has 6 heteroatoms. The quantitative estimate of drug-likeness (QED) is 0.863. The van der Waals surface area contributed by atoms with Crippen molar-refractivity contribution in [3.8, 4) is 0 Å². The summed E-state index contributed by atoms with van der Waals surface area (Å²) in [5, 5.41) is 3.47. The van der Waals surface area contributed by atoms with Gasteiger partial charge in [0, 0.05) is 24.2 Å². The minimum absolute atomic E-state index is 0.000840. The number of nitrogens with one attached hydrogen (secondary N) is 1. The van der Waals surface area contributed by atoms with Crippen LogP contribution in [0.5, 0.6) is 0 Å². The molecule has 1 fully saturated rings. The van der Waals surface area contributed by atoms with Crippen LogP contribution in [0.25, 0.3) is 0 Å². The van der Waals surface area contributed by atoms with E-state index in [4.69, 9.17) is 23.2 Å². The summed E-state index contributed by atoms with van der Waals surface area (Å²) in [6.45, 7) is 3.71. The van der Waals surface area contributed by atoms with Gasteiger partial charge in [-0.2, -0.15) is 0 Å². The highest BCUT2D eigenvalue weighted by Crippen LogP contribution is 2.28. The average molecular weight is 319 g/mol. The minimum atomic E-state index is -0.509. The topological polar surface area (TPSA) is 32.3 Å². The highest BCUT2D eigenvalue weighted by Gasteiger charge is 2.19. The van der Waals surface area contributed by atoms with Crippen molar-refractivity contribution in [2.45, 2.75) is 25.8 Å². The van der Waals surface area contributed by atoms with Crippen LogP contribution < -0.4 is 5.32 Å². The van der Waals surface area contributed by atoms with Crippen LogP contribution in [0.4, 0.5) is 4.39 Å². The summed E-state index contributed by atoms with van der Waals surface area (Å²) in [6.07, 6.45) is 2.13. The maximum atomic E-state index is 13.5. The summed E-state index contributed by atoms with van der Waals surface area (Å²) < 4.78 is 13.5. The van der Waals surface area contributed by atoms with Crippen LogP contribution in [0.2, 0.25) is 10.0 Å². The van der Waals surface area contributed by atoms with E-state index in [-0.39, 0.29) is 23.5 Å². The van der Waals surface area contributed by atoms with Crippen LogP contribution in [0.3, 0.4) is 0 Å². The normalized spacial score (nSPS) is 16.5. The number of carbonyl (C=O) groups is 1. The molecule has 1 heterocycles. The van der Waals surface area contributed by atoms with Gasteiger partial charge in [-0.05, 0) is 37.5 Å². The van der Waals surface area contributed by atoms with E-state index in [1.165, 1.54) is 12.1 Å². The fourth-order valence-corrected chi connectivity index (χ4v) is 2.85. The molecule has 1 aliphatic rings. The molecule has 1 atom stereocenters. The van der Waals surface area contributed by atoms with Gasteiger partial charge in [-0.3, -0.25) is 4.79 Å². The molecule has 1 amide bonds. The summed E-state index contributed by atoms with van der Waals surface area (Å²) in [6, 6.07) is 2.47. The Morgan fingerprint density at radius 2 is 2.00 bits per heavy atom. The predicted molar refractivity (Wildman–Crippen MR) is 78.7 cm³/mol. The van der Waals surface area contributed by atoms with Gasteiger partial charge >= 0.3 is 0 Å². The highest BCUT2D eigenvalue weighted by molar-refractivity contribution is 6.35. The number of benzene rings is 1.